The second-order valence-corrected chi connectivity index (χ2v) is 6.61. The van der Waals surface area contributed by atoms with E-state index in [2.05, 4.69) is 49.9 Å². The molecule has 2 aromatic heterocycles. The molecule has 0 aliphatic heterocycles. The van der Waals surface area contributed by atoms with Crippen molar-refractivity contribution in [2.45, 2.75) is 27.0 Å². The molecule has 0 aliphatic carbocycles. The number of aromatic nitrogens is 3. The van der Waals surface area contributed by atoms with Crippen LogP contribution in [0.2, 0.25) is 0 Å². The van der Waals surface area contributed by atoms with Gasteiger partial charge < -0.3 is 10.1 Å². The summed E-state index contributed by atoms with van der Waals surface area (Å²) in [6.45, 7) is 5.08. The molecule has 6 heteroatoms. The number of hydrogen-bond donors (Lipinski definition) is 1. The Bertz CT molecular complexity index is 831. The topological polar surface area (TPSA) is 59.9 Å². The first-order chi connectivity index (χ1) is 11.6. The largest absolute Gasteiger partial charge is 0.377 e. The monoisotopic (exact) mass is 340 g/mol. The Hall–Kier alpha value is -2.31. The smallest absolute Gasteiger partial charge is 0.156 e. The molecule has 5 nitrogen and oxygen atoms in total. The van der Waals surface area contributed by atoms with Gasteiger partial charge >= 0.3 is 0 Å². The van der Waals surface area contributed by atoms with Gasteiger partial charge in [-0.15, -0.1) is 11.3 Å². The van der Waals surface area contributed by atoms with Crippen LogP contribution >= 0.6 is 11.3 Å². The fourth-order valence-corrected chi connectivity index (χ4v) is 3.07. The van der Waals surface area contributed by atoms with E-state index < -0.39 is 0 Å². The highest BCUT2D eigenvalue weighted by Gasteiger charge is 2.05. The van der Waals surface area contributed by atoms with Gasteiger partial charge in [-0.05, 0) is 25.5 Å². The number of rotatable bonds is 6. The third kappa shape index (κ3) is 4.15. The summed E-state index contributed by atoms with van der Waals surface area (Å²) in [4.78, 5) is 13.4. The fraction of sp³-hybridized carbons (Fsp3) is 0.278. The number of ether oxygens (including phenoxy) is 1. The number of nitrogens with one attached hydrogen (secondary N) is 1. The van der Waals surface area contributed by atoms with Crippen molar-refractivity contribution in [3.63, 3.8) is 0 Å². The van der Waals surface area contributed by atoms with Crippen LogP contribution in [0.4, 0.5) is 5.82 Å². The zero-order valence-corrected chi connectivity index (χ0v) is 14.9. The second-order valence-electron chi connectivity index (χ2n) is 5.55. The van der Waals surface area contributed by atoms with Gasteiger partial charge in [0.2, 0.25) is 0 Å². The van der Waals surface area contributed by atoms with Crippen LogP contribution in [0.25, 0.3) is 11.3 Å². The van der Waals surface area contributed by atoms with Crippen molar-refractivity contribution >= 4 is 17.2 Å². The standard InChI is InChI=1S/C18H20N4OS/c1-12-7-17(22-18(20-12)10-23-3)19-9-14-5-4-6-15(8-14)16-11-24-13(2)21-16/h4-8,11H,9-10H2,1-3H3,(H,19,20,22). The predicted octanol–water partition coefficient (Wildman–Crippen LogP) is 3.98. The molecule has 3 aromatic rings. The van der Waals surface area contributed by atoms with E-state index >= 15 is 0 Å². The summed E-state index contributed by atoms with van der Waals surface area (Å²) in [5.74, 6) is 1.50. The van der Waals surface area contributed by atoms with Gasteiger partial charge in [-0.25, -0.2) is 15.0 Å². The number of hydrogen-bond acceptors (Lipinski definition) is 6. The third-order valence-corrected chi connectivity index (χ3v) is 4.26. The molecule has 1 aromatic carbocycles. The van der Waals surface area contributed by atoms with Crippen molar-refractivity contribution in [1.29, 1.82) is 0 Å². The van der Waals surface area contributed by atoms with Gasteiger partial charge in [-0.3, -0.25) is 0 Å². The SMILES string of the molecule is COCc1nc(C)cc(NCc2cccc(-c3csc(C)n3)c2)n1. The highest BCUT2D eigenvalue weighted by Crippen LogP contribution is 2.22. The van der Waals surface area contributed by atoms with Gasteiger partial charge in [0.25, 0.3) is 0 Å². The quantitative estimate of drug-likeness (QED) is 0.735. The van der Waals surface area contributed by atoms with Crippen molar-refractivity contribution in [2.75, 3.05) is 12.4 Å². The summed E-state index contributed by atoms with van der Waals surface area (Å²) in [5, 5.41) is 6.53. The molecule has 24 heavy (non-hydrogen) atoms. The van der Waals surface area contributed by atoms with Gasteiger partial charge in [0.1, 0.15) is 12.4 Å². The van der Waals surface area contributed by atoms with Crippen LogP contribution in [0.15, 0.2) is 35.7 Å². The zero-order chi connectivity index (χ0) is 16.9. The molecule has 0 aliphatic rings. The molecule has 124 valence electrons. The zero-order valence-electron chi connectivity index (χ0n) is 14.0. The Labute approximate surface area is 145 Å². The average molecular weight is 340 g/mol. The van der Waals surface area contributed by atoms with E-state index in [1.807, 2.05) is 19.9 Å². The minimum atomic E-state index is 0.412. The molecule has 0 spiro atoms. The van der Waals surface area contributed by atoms with E-state index in [0.717, 1.165) is 27.8 Å². The Morgan fingerprint density at radius 2 is 2.00 bits per heavy atom. The molecule has 0 atom stereocenters. The maximum absolute atomic E-state index is 5.11. The van der Waals surface area contributed by atoms with Crippen LogP contribution in [0.5, 0.6) is 0 Å². The van der Waals surface area contributed by atoms with Crippen molar-refractivity contribution in [3.05, 3.63) is 57.8 Å². The summed E-state index contributed by atoms with van der Waals surface area (Å²) in [6.07, 6.45) is 0. The van der Waals surface area contributed by atoms with Crippen LogP contribution in [-0.2, 0) is 17.9 Å². The number of benzene rings is 1. The maximum Gasteiger partial charge on any atom is 0.156 e. The van der Waals surface area contributed by atoms with Crippen LogP contribution in [-0.4, -0.2) is 22.1 Å². The van der Waals surface area contributed by atoms with Crippen molar-refractivity contribution in [1.82, 2.24) is 15.0 Å². The normalized spacial score (nSPS) is 10.8. The highest BCUT2D eigenvalue weighted by molar-refractivity contribution is 7.09. The molecule has 0 radical (unpaired) electrons. The second kappa shape index (κ2) is 7.51. The van der Waals surface area contributed by atoms with Crippen molar-refractivity contribution in [2.24, 2.45) is 0 Å². The van der Waals surface area contributed by atoms with Gasteiger partial charge in [0, 0.05) is 36.4 Å². The van der Waals surface area contributed by atoms with E-state index in [4.69, 9.17) is 4.74 Å². The highest BCUT2D eigenvalue weighted by atomic mass is 32.1. The van der Waals surface area contributed by atoms with E-state index in [0.29, 0.717) is 19.0 Å². The van der Waals surface area contributed by atoms with Crippen LogP contribution in [0, 0.1) is 13.8 Å². The Morgan fingerprint density at radius 3 is 2.75 bits per heavy atom. The van der Waals surface area contributed by atoms with Gasteiger partial charge in [-0.2, -0.15) is 0 Å². The van der Waals surface area contributed by atoms with E-state index in [9.17, 15) is 0 Å². The number of aryl methyl sites for hydroxylation is 2. The molecule has 0 fully saturated rings. The van der Waals surface area contributed by atoms with Gasteiger partial charge in [0.05, 0.1) is 10.7 Å². The molecule has 1 N–H and O–H groups in total. The summed E-state index contributed by atoms with van der Waals surface area (Å²) in [6, 6.07) is 10.3. The Kier molecular flexibility index (Phi) is 5.17. The molecule has 0 amide bonds. The number of thiazole rings is 1. The first-order valence-corrected chi connectivity index (χ1v) is 8.61. The summed E-state index contributed by atoms with van der Waals surface area (Å²) >= 11 is 1.67. The lowest BCUT2D eigenvalue weighted by molar-refractivity contribution is 0.177. The van der Waals surface area contributed by atoms with E-state index in [1.54, 1.807) is 18.4 Å². The minimum absolute atomic E-state index is 0.412. The first-order valence-electron chi connectivity index (χ1n) is 7.73. The summed E-state index contributed by atoms with van der Waals surface area (Å²) in [5.41, 5.74) is 4.27. The number of anilines is 1. The Morgan fingerprint density at radius 1 is 1.12 bits per heavy atom. The lowest BCUT2D eigenvalue weighted by atomic mass is 10.1. The summed E-state index contributed by atoms with van der Waals surface area (Å²) in [7, 11) is 1.64. The van der Waals surface area contributed by atoms with Crippen LogP contribution < -0.4 is 5.32 Å². The lowest BCUT2D eigenvalue weighted by Crippen LogP contribution is -2.06. The molecule has 0 bridgehead atoms. The number of methoxy groups -OCH3 is 1. The maximum atomic E-state index is 5.11. The molecular weight excluding hydrogens is 320 g/mol. The summed E-state index contributed by atoms with van der Waals surface area (Å²) < 4.78 is 5.11. The molecule has 0 unspecified atom stereocenters. The molecule has 0 saturated heterocycles. The average Bonchev–Trinajstić information content (AvgIpc) is 3.00. The van der Waals surface area contributed by atoms with Crippen molar-refractivity contribution in [3.8, 4) is 11.3 Å². The van der Waals surface area contributed by atoms with Gasteiger partial charge in [0.15, 0.2) is 5.82 Å². The molecular formula is C18H20N4OS. The molecule has 0 saturated carbocycles. The van der Waals surface area contributed by atoms with E-state index in [1.165, 1.54) is 5.56 Å². The number of nitrogens with zero attached hydrogens (tertiary/aromatic N) is 3. The van der Waals surface area contributed by atoms with Crippen LogP contribution in [0.1, 0.15) is 22.1 Å². The third-order valence-electron chi connectivity index (χ3n) is 3.49. The first kappa shape index (κ1) is 16.5. The Balaban J connectivity index is 1.73. The predicted molar refractivity (Wildman–Crippen MR) is 97.1 cm³/mol. The van der Waals surface area contributed by atoms with Crippen molar-refractivity contribution < 1.29 is 4.74 Å². The van der Waals surface area contributed by atoms with E-state index in [-0.39, 0.29) is 0 Å². The van der Waals surface area contributed by atoms with Gasteiger partial charge in [-0.1, -0.05) is 18.2 Å². The molecule has 3 rings (SSSR count). The van der Waals surface area contributed by atoms with Crippen LogP contribution in [0.3, 0.4) is 0 Å². The lowest BCUT2D eigenvalue weighted by Gasteiger charge is -2.09. The molecule has 2 heterocycles. The fourth-order valence-electron chi connectivity index (χ4n) is 2.44. The minimum Gasteiger partial charge on any atom is -0.377 e.